The molecule has 8 heteroatoms. The fourth-order valence-electron chi connectivity index (χ4n) is 1.34. The number of nitrogens with zero attached hydrogens (tertiary/aromatic N) is 3. The van der Waals surface area contributed by atoms with Crippen molar-refractivity contribution in [1.82, 2.24) is 9.97 Å². The zero-order valence-electron chi connectivity index (χ0n) is 12.1. The molecule has 0 aliphatic carbocycles. The van der Waals surface area contributed by atoms with E-state index in [1.165, 1.54) is 24.5 Å². The van der Waals surface area contributed by atoms with E-state index < -0.39 is 10.1 Å². The summed E-state index contributed by atoms with van der Waals surface area (Å²) in [5.74, 6) is 0.559. The molecule has 0 unspecified atom stereocenters. The van der Waals surface area contributed by atoms with Crippen LogP contribution >= 0.6 is 0 Å². The van der Waals surface area contributed by atoms with Gasteiger partial charge in [-0.3, -0.25) is 4.55 Å². The van der Waals surface area contributed by atoms with Crippen LogP contribution in [0, 0.1) is 18.3 Å². The summed E-state index contributed by atoms with van der Waals surface area (Å²) in [6.45, 7) is 3.63. The molecule has 7 nitrogen and oxygen atoms in total. The van der Waals surface area contributed by atoms with E-state index in [0.29, 0.717) is 11.4 Å². The molecule has 1 heterocycles. The van der Waals surface area contributed by atoms with Crippen molar-refractivity contribution in [3.8, 4) is 6.07 Å². The fourth-order valence-corrected chi connectivity index (χ4v) is 1.82. The number of hydrogen-bond donors (Lipinski definition) is 2. The number of nitriles is 1. The highest BCUT2D eigenvalue weighted by Crippen LogP contribution is 2.08. The second-order valence-electron chi connectivity index (χ2n) is 4.52. The first kappa shape index (κ1) is 17.7. The third-order valence-corrected chi connectivity index (χ3v) is 3.39. The molecule has 116 valence electrons. The summed E-state index contributed by atoms with van der Waals surface area (Å²) >= 11 is 0. The van der Waals surface area contributed by atoms with Crippen LogP contribution in [0.3, 0.4) is 0 Å². The Morgan fingerprint density at radius 3 is 2.09 bits per heavy atom. The first-order chi connectivity index (χ1) is 10.2. The van der Waals surface area contributed by atoms with E-state index in [0.717, 1.165) is 5.56 Å². The van der Waals surface area contributed by atoms with E-state index in [1.807, 2.05) is 13.0 Å². The molecule has 0 spiro atoms. The number of benzene rings is 1. The van der Waals surface area contributed by atoms with Gasteiger partial charge in [0, 0.05) is 12.4 Å². The highest BCUT2D eigenvalue weighted by molar-refractivity contribution is 7.85. The Kier molecular flexibility index (Phi) is 6.12. The van der Waals surface area contributed by atoms with Gasteiger partial charge in [-0.05, 0) is 26.0 Å². The van der Waals surface area contributed by atoms with E-state index >= 15 is 0 Å². The van der Waals surface area contributed by atoms with Crippen molar-refractivity contribution in [1.29, 1.82) is 5.26 Å². The van der Waals surface area contributed by atoms with Crippen molar-refractivity contribution in [2.45, 2.75) is 24.8 Å². The maximum atomic E-state index is 10.5. The SMILES string of the molecule is C[C@@H](N)c1ncc(C#N)cn1.Cc1ccc(S(=O)(=O)O)cc1. The Balaban J connectivity index is 0.000000220. The standard InChI is InChI=1S/C7H8N4.C7H8O3S/c1-5(9)7-10-3-6(2-8)4-11-7;1-6-2-4-7(5-3-6)11(8,9)10/h3-5H,9H2,1H3;2-5H,1H3,(H,8,9,10)/t5-;/m1./s1. The summed E-state index contributed by atoms with van der Waals surface area (Å²) in [6.07, 6.45) is 2.93. The largest absolute Gasteiger partial charge is 0.322 e. The Morgan fingerprint density at radius 1 is 1.23 bits per heavy atom. The van der Waals surface area contributed by atoms with Gasteiger partial charge in [0.2, 0.25) is 0 Å². The lowest BCUT2D eigenvalue weighted by Gasteiger charge is -2.00. The van der Waals surface area contributed by atoms with Crippen molar-refractivity contribution in [2.75, 3.05) is 0 Å². The van der Waals surface area contributed by atoms with E-state index in [9.17, 15) is 8.42 Å². The van der Waals surface area contributed by atoms with E-state index in [4.69, 9.17) is 15.5 Å². The van der Waals surface area contributed by atoms with Crippen LogP contribution in [0.1, 0.15) is 29.9 Å². The summed E-state index contributed by atoms with van der Waals surface area (Å²) in [7, 11) is -4.02. The van der Waals surface area contributed by atoms with Crippen molar-refractivity contribution in [3.63, 3.8) is 0 Å². The van der Waals surface area contributed by atoms with Gasteiger partial charge in [0.05, 0.1) is 16.5 Å². The van der Waals surface area contributed by atoms with Crippen molar-refractivity contribution in [3.05, 3.63) is 53.6 Å². The third-order valence-electron chi connectivity index (χ3n) is 2.53. The van der Waals surface area contributed by atoms with Gasteiger partial charge in [0.1, 0.15) is 11.9 Å². The van der Waals surface area contributed by atoms with Crippen LogP contribution in [0.4, 0.5) is 0 Å². The van der Waals surface area contributed by atoms with Crippen molar-refractivity contribution < 1.29 is 13.0 Å². The minimum Gasteiger partial charge on any atom is -0.322 e. The summed E-state index contributed by atoms with van der Waals surface area (Å²) in [5.41, 5.74) is 6.91. The van der Waals surface area contributed by atoms with Gasteiger partial charge in [-0.15, -0.1) is 0 Å². The van der Waals surface area contributed by atoms with Gasteiger partial charge >= 0.3 is 0 Å². The lowest BCUT2D eigenvalue weighted by molar-refractivity contribution is 0.483. The Bertz CT molecular complexity index is 748. The molecule has 3 N–H and O–H groups in total. The zero-order valence-corrected chi connectivity index (χ0v) is 12.9. The Hall–Kier alpha value is -2.34. The normalized spacial score (nSPS) is 11.8. The highest BCUT2D eigenvalue weighted by Gasteiger charge is 2.06. The summed E-state index contributed by atoms with van der Waals surface area (Å²) in [4.78, 5) is 7.71. The average molecular weight is 320 g/mol. The van der Waals surface area contributed by atoms with Crippen LogP contribution in [-0.2, 0) is 10.1 Å². The van der Waals surface area contributed by atoms with Crippen LogP contribution in [0.2, 0.25) is 0 Å². The maximum Gasteiger partial charge on any atom is 0.294 e. The number of aryl methyl sites for hydroxylation is 1. The molecular formula is C14H16N4O3S. The van der Waals surface area contributed by atoms with E-state index in [-0.39, 0.29) is 10.9 Å². The fraction of sp³-hybridized carbons (Fsp3) is 0.214. The van der Waals surface area contributed by atoms with Gasteiger partial charge in [-0.2, -0.15) is 13.7 Å². The van der Waals surface area contributed by atoms with Crippen LogP contribution in [0.5, 0.6) is 0 Å². The van der Waals surface area contributed by atoms with Gasteiger partial charge in [-0.25, -0.2) is 9.97 Å². The highest BCUT2D eigenvalue weighted by atomic mass is 32.2. The summed E-state index contributed by atoms with van der Waals surface area (Å²) < 4.78 is 29.6. The molecule has 0 bridgehead atoms. The number of rotatable bonds is 2. The monoisotopic (exact) mass is 320 g/mol. The van der Waals surface area contributed by atoms with Crippen molar-refractivity contribution in [2.24, 2.45) is 5.73 Å². The molecule has 2 aromatic rings. The molecule has 2 rings (SSSR count). The predicted octanol–water partition coefficient (Wildman–Crippen LogP) is 1.61. The van der Waals surface area contributed by atoms with E-state index in [2.05, 4.69) is 9.97 Å². The molecular weight excluding hydrogens is 304 g/mol. The molecule has 1 atom stereocenters. The molecule has 0 fully saturated rings. The van der Waals surface area contributed by atoms with Gasteiger partial charge in [-0.1, -0.05) is 17.7 Å². The molecule has 0 amide bonds. The Morgan fingerprint density at radius 2 is 1.73 bits per heavy atom. The molecule has 0 saturated carbocycles. The molecule has 0 saturated heterocycles. The van der Waals surface area contributed by atoms with Gasteiger partial charge in [0.15, 0.2) is 0 Å². The minimum atomic E-state index is -4.02. The first-order valence-electron chi connectivity index (χ1n) is 6.26. The smallest absolute Gasteiger partial charge is 0.294 e. The average Bonchev–Trinajstić information content (AvgIpc) is 2.47. The van der Waals surface area contributed by atoms with Crippen LogP contribution in [-0.4, -0.2) is 22.9 Å². The topological polar surface area (TPSA) is 130 Å². The van der Waals surface area contributed by atoms with E-state index in [1.54, 1.807) is 19.1 Å². The van der Waals surface area contributed by atoms with Gasteiger partial charge in [0.25, 0.3) is 10.1 Å². The lowest BCUT2D eigenvalue weighted by atomic mass is 10.2. The summed E-state index contributed by atoms with van der Waals surface area (Å²) in [5, 5.41) is 8.41. The second-order valence-corrected chi connectivity index (χ2v) is 5.94. The minimum absolute atomic E-state index is 0.0666. The molecule has 0 aliphatic heterocycles. The lowest BCUT2D eigenvalue weighted by Crippen LogP contribution is -2.09. The van der Waals surface area contributed by atoms with Crippen molar-refractivity contribution >= 4 is 10.1 Å². The maximum absolute atomic E-state index is 10.5. The molecule has 1 aromatic carbocycles. The zero-order chi connectivity index (χ0) is 16.8. The first-order valence-corrected chi connectivity index (χ1v) is 7.70. The molecule has 0 aliphatic rings. The molecule has 22 heavy (non-hydrogen) atoms. The third kappa shape index (κ3) is 5.57. The van der Waals surface area contributed by atoms with Gasteiger partial charge < -0.3 is 5.73 Å². The summed E-state index contributed by atoms with van der Waals surface area (Å²) in [6, 6.07) is 7.74. The van der Waals surface area contributed by atoms with Crippen LogP contribution < -0.4 is 5.73 Å². The quantitative estimate of drug-likeness (QED) is 0.804. The number of aromatic nitrogens is 2. The predicted molar refractivity (Wildman–Crippen MR) is 80.3 cm³/mol. The number of nitrogens with two attached hydrogens (primary N) is 1. The van der Waals surface area contributed by atoms with Crippen LogP contribution in [0.15, 0.2) is 41.6 Å². The second kappa shape index (κ2) is 7.61. The van der Waals surface area contributed by atoms with Crippen LogP contribution in [0.25, 0.3) is 0 Å². The number of hydrogen-bond acceptors (Lipinski definition) is 6. The molecule has 0 radical (unpaired) electrons. The Labute approximate surface area is 129 Å². The molecule has 1 aromatic heterocycles.